The Morgan fingerprint density at radius 1 is 1.59 bits per heavy atom. The Bertz CT molecular complexity index is 447. The van der Waals surface area contributed by atoms with Gasteiger partial charge < -0.3 is 5.11 Å². The largest absolute Gasteiger partial charge is 0.481 e. The number of carbonyl (C=O) groups is 1. The van der Waals surface area contributed by atoms with Gasteiger partial charge in [-0.15, -0.1) is 0 Å². The third kappa shape index (κ3) is 3.39. The molecule has 0 saturated carbocycles. The molecule has 92 valence electrons. The van der Waals surface area contributed by atoms with E-state index >= 15 is 0 Å². The molecule has 0 fully saturated rings. The Kier molecular flexibility index (Phi) is 4.86. The van der Waals surface area contributed by atoms with Crippen LogP contribution in [0, 0.1) is 13.7 Å². The minimum Gasteiger partial charge on any atom is -0.481 e. The molecule has 0 bridgehead atoms. The standard InChI is InChI=1S/C11H12INO4/c1-2-3-9(11(14)15)8-5-4-7(12)6-10(8)13(16)17/h4-6,9H,2-3H2,1H3,(H,14,15). The van der Waals surface area contributed by atoms with Crippen molar-refractivity contribution < 1.29 is 14.8 Å². The summed E-state index contributed by atoms with van der Waals surface area (Å²) in [4.78, 5) is 21.5. The van der Waals surface area contributed by atoms with E-state index in [9.17, 15) is 14.9 Å². The van der Waals surface area contributed by atoms with E-state index in [-0.39, 0.29) is 11.3 Å². The van der Waals surface area contributed by atoms with Crippen LogP contribution in [0.25, 0.3) is 0 Å². The van der Waals surface area contributed by atoms with Crippen LogP contribution in [-0.2, 0) is 4.79 Å². The van der Waals surface area contributed by atoms with Gasteiger partial charge >= 0.3 is 5.97 Å². The highest BCUT2D eigenvalue weighted by Crippen LogP contribution is 2.31. The SMILES string of the molecule is CCCC(C(=O)O)c1ccc(I)cc1[N+](=O)[O-]. The summed E-state index contributed by atoms with van der Waals surface area (Å²) in [6, 6.07) is 4.63. The second-order valence-corrected chi connectivity index (χ2v) is 4.89. The van der Waals surface area contributed by atoms with Gasteiger partial charge in [-0.25, -0.2) is 0 Å². The molecule has 1 aromatic rings. The van der Waals surface area contributed by atoms with Gasteiger partial charge in [-0.2, -0.15) is 0 Å². The molecule has 0 heterocycles. The molecule has 6 heteroatoms. The number of nitro benzene ring substituents is 1. The number of hydrogen-bond donors (Lipinski definition) is 1. The Labute approximate surface area is 112 Å². The smallest absolute Gasteiger partial charge is 0.311 e. The molecule has 1 rings (SSSR count). The first-order valence-corrected chi connectivity index (χ1v) is 6.21. The van der Waals surface area contributed by atoms with Crippen LogP contribution < -0.4 is 0 Å². The first-order chi connectivity index (χ1) is 7.97. The zero-order valence-corrected chi connectivity index (χ0v) is 11.4. The number of nitrogens with zero attached hydrogens (tertiary/aromatic N) is 1. The van der Waals surface area contributed by atoms with E-state index in [1.54, 1.807) is 6.07 Å². The molecule has 0 amide bonds. The molecule has 0 aromatic heterocycles. The molecule has 0 saturated heterocycles. The van der Waals surface area contributed by atoms with Crippen molar-refractivity contribution in [3.05, 3.63) is 37.4 Å². The number of carboxylic acids is 1. The summed E-state index contributed by atoms with van der Waals surface area (Å²) in [6.45, 7) is 1.86. The fourth-order valence-electron chi connectivity index (χ4n) is 1.67. The summed E-state index contributed by atoms with van der Waals surface area (Å²) >= 11 is 1.97. The summed E-state index contributed by atoms with van der Waals surface area (Å²) < 4.78 is 0.721. The van der Waals surface area contributed by atoms with Crippen LogP contribution in [0.5, 0.6) is 0 Å². The molecule has 0 aliphatic carbocycles. The maximum atomic E-state index is 11.1. The van der Waals surface area contributed by atoms with Gasteiger partial charge in [-0.3, -0.25) is 14.9 Å². The van der Waals surface area contributed by atoms with Gasteiger partial charge in [-0.1, -0.05) is 19.4 Å². The van der Waals surface area contributed by atoms with Gasteiger partial charge in [0, 0.05) is 15.2 Å². The topological polar surface area (TPSA) is 80.4 Å². The molecule has 17 heavy (non-hydrogen) atoms. The zero-order valence-electron chi connectivity index (χ0n) is 9.22. The summed E-state index contributed by atoms with van der Waals surface area (Å²) in [7, 11) is 0. The van der Waals surface area contributed by atoms with Crippen molar-refractivity contribution in [2.45, 2.75) is 25.7 Å². The number of aliphatic carboxylic acids is 1. The fourth-order valence-corrected chi connectivity index (χ4v) is 2.15. The summed E-state index contributed by atoms with van der Waals surface area (Å²) in [5, 5.41) is 20.0. The van der Waals surface area contributed by atoms with Crippen LogP contribution >= 0.6 is 22.6 Å². The number of hydrogen-bond acceptors (Lipinski definition) is 3. The van der Waals surface area contributed by atoms with Crippen molar-refractivity contribution >= 4 is 34.2 Å². The minimum absolute atomic E-state index is 0.113. The maximum absolute atomic E-state index is 11.1. The second-order valence-electron chi connectivity index (χ2n) is 3.64. The van der Waals surface area contributed by atoms with E-state index in [4.69, 9.17) is 5.11 Å². The Morgan fingerprint density at radius 3 is 2.71 bits per heavy atom. The van der Waals surface area contributed by atoms with Crippen LogP contribution in [0.2, 0.25) is 0 Å². The lowest BCUT2D eigenvalue weighted by atomic mass is 9.93. The predicted octanol–water partition coefficient (Wildman–Crippen LogP) is 3.17. The Morgan fingerprint density at radius 2 is 2.24 bits per heavy atom. The number of rotatable bonds is 5. The Hall–Kier alpha value is -1.18. The van der Waals surface area contributed by atoms with E-state index in [1.807, 2.05) is 29.5 Å². The van der Waals surface area contributed by atoms with Crippen molar-refractivity contribution in [2.75, 3.05) is 0 Å². The lowest BCUT2D eigenvalue weighted by molar-refractivity contribution is -0.385. The molecule has 5 nitrogen and oxygen atoms in total. The quantitative estimate of drug-likeness (QED) is 0.503. The lowest BCUT2D eigenvalue weighted by Crippen LogP contribution is -2.13. The average Bonchev–Trinajstić information content (AvgIpc) is 2.26. The zero-order chi connectivity index (χ0) is 13.0. The molecular formula is C11H12INO4. The van der Waals surface area contributed by atoms with E-state index in [0.717, 1.165) is 3.57 Å². The van der Waals surface area contributed by atoms with Crippen molar-refractivity contribution in [3.63, 3.8) is 0 Å². The predicted molar refractivity (Wildman–Crippen MR) is 71.1 cm³/mol. The van der Waals surface area contributed by atoms with Crippen LogP contribution in [0.3, 0.4) is 0 Å². The maximum Gasteiger partial charge on any atom is 0.311 e. The number of carboxylic acid groups (broad SMARTS) is 1. The fraction of sp³-hybridized carbons (Fsp3) is 0.364. The van der Waals surface area contributed by atoms with Crippen molar-refractivity contribution in [2.24, 2.45) is 0 Å². The third-order valence-electron chi connectivity index (χ3n) is 2.44. The van der Waals surface area contributed by atoms with E-state index < -0.39 is 16.8 Å². The first kappa shape index (κ1) is 13.9. The third-order valence-corrected chi connectivity index (χ3v) is 3.11. The highest BCUT2D eigenvalue weighted by molar-refractivity contribution is 14.1. The number of halogens is 1. The second kappa shape index (κ2) is 5.95. The summed E-state index contributed by atoms with van der Waals surface area (Å²) in [5.41, 5.74) is 0.169. The first-order valence-electron chi connectivity index (χ1n) is 5.14. The van der Waals surface area contributed by atoms with Crippen LogP contribution in [-0.4, -0.2) is 16.0 Å². The Balaban J connectivity index is 3.27. The molecule has 0 aliphatic rings. The molecule has 0 radical (unpaired) electrons. The van der Waals surface area contributed by atoms with Crippen molar-refractivity contribution in [1.82, 2.24) is 0 Å². The molecule has 0 spiro atoms. The molecule has 1 atom stereocenters. The normalized spacial score (nSPS) is 12.1. The molecule has 1 N–H and O–H groups in total. The van der Waals surface area contributed by atoms with Crippen molar-refractivity contribution in [1.29, 1.82) is 0 Å². The molecule has 1 aromatic carbocycles. The van der Waals surface area contributed by atoms with Gasteiger partial charge in [0.15, 0.2) is 0 Å². The average molecular weight is 349 g/mol. The van der Waals surface area contributed by atoms with Crippen LogP contribution in [0.15, 0.2) is 18.2 Å². The van der Waals surface area contributed by atoms with Gasteiger partial charge in [0.2, 0.25) is 0 Å². The van der Waals surface area contributed by atoms with Crippen LogP contribution in [0.1, 0.15) is 31.2 Å². The molecule has 0 aliphatic heterocycles. The lowest BCUT2D eigenvalue weighted by Gasteiger charge is -2.11. The van der Waals surface area contributed by atoms with Gasteiger partial charge in [0.25, 0.3) is 5.69 Å². The van der Waals surface area contributed by atoms with E-state index in [2.05, 4.69) is 0 Å². The molecular weight excluding hydrogens is 337 g/mol. The molecule has 1 unspecified atom stereocenters. The van der Waals surface area contributed by atoms with Crippen molar-refractivity contribution in [3.8, 4) is 0 Å². The summed E-state index contributed by atoms with van der Waals surface area (Å²) in [5.74, 6) is -1.83. The van der Waals surface area contributed by atoms with Gasteiger partial charge in [0.1, 0.15) is 0 Å². The van der Waals surface area contributed by atoms with E-state index in [0.29, 0.717) is 12.8 Å². The highest BCUT2D eigenvalue weighted by atomic mass is 127. The number of nitro groups is 1. The number of benzene rings is 1. The van der Waals surface area contributed by atoms with E-state index in [1.165, 1.54) is 12.1 Å². The van der Waals surface area contributed by atoms with Gasteiger partial charge in [-0.05, 0) is 35.1 Å². The van der Waals surface area contributed by atoms with Crippen LogP contribution in [0.4, 0.5) is 5.69 Å². The summed E-state index contributed by atoms with van der Waals surface area (Å²) in [6.07, 6.45) is 1.07. The monoisotopic (exact) mass is 349 g/mol. The highest BCUT2D eigenvalue weighted by Gasteiger charge is 2.27. The minimum atomic E-state index is -1.02. The van der Waals surface area contributed by atoms with Gasteiger partial charge in [0.05, 0.1) is 10.8 Å².